The fourth-order valence-corrected chi connectivity index (χ4v) is 0.961. The van der Waals surface area contributed by atoms with E-state index in [1.165, 1.54) is 12.8 Å². The van der Waals surface area contributed by atoms with Crippen LogP contribution in [-0.2, 0) is 0 Å². The van der Waals surface area contributed by atoms with Crippen LogP contribution in [0.5, 0.6) is 0 Å². The Balaban J connectivity index is 2.32. The summed E-state index contributed by atoms with van der Waals surface area (Å²) in [7, 11) is 0. The van der Waals surface area contributed by atoms with Crippen LogP contribution in [0.4, 0.5) is 0 Å². The molecule has 1 heteroatoms. The van der Waals surface area contributed by atoms with Gasteiger partial charge in [-0.25, -0.2) is 0 Å². The SMILES string of the molecule is CC[C@H]1C=CCCN1. The molecule has 0 amide bonds. The lowest BCUT2D eigenvalue weighted by Gasteiger charge is -2.15. The van der Waals surface area contributed by atoms with Gasteiger partial charge < -0.3 is 5.32 Å². The molecule has 46 valence electrons. The van der Waals surface area contributed by atoms with Crippen LogP contribution in [0.2, 0.25) is 0 Å². The van der Waals surface area contributed by atoms with Crippen molar-refractivity contribution in [2.45, 2.75) is 25.8 Å². The minimum absolute atomic E-state index is 0.656. The highest BCUT2D eigenvalue weighted by atomic mass is 14.9. The monoisotopic (exact) mass is 111 g/mol. The number of hydrogen-bond acceptors (Lipinski definition) is 1. The second-order valence-electron chi connectivity index (χ2n) is 2.19. The summed E-state index contributed by atoms with van der Waals surface area (Å²) in [5.41, 5.74) is 0. The van der Waals surface area contributed by atoms with E-state index in [4.69, 9.17) is 0 Å². The maximum Gasteiger partial charge on any atom is 0.0247 e. The van der Waals surface area contributed by atoms with Crippen molar-refractivity contribution in [3.05, 3.63) is 12.2 Å². The molecule has 0 aromatic heterocycles. The third-order valence-corrected chi connectivity index (χ3v) is 1.53. The van der Waals surface area contributed by atoms with Crippen molar-refractivity contribution in [3.8, 4) is 0 Å². The molecule has 0 aromatic rings. The minimum Gasteiger partial charge on any atom is -0.310 e. The van der Waals surface area contributed by atoms with E-state index in [9.17, 15) is 0 Å². The Kier molecular flexibility index (Phi) is 2.10. The Morgan fingerprint density at radius 2 is 2.62 bits per heavy atom. The molecule has 0 unspecified atom stereocenters. The Labute approximate surface area is 50.8 Å². The van der Waals surface area contributed by atoms with Crippen molar-refractivity contribution in [1.29, 1.82) is 0 Å². The van der Waals surface area contributed by atoms with E-state index in [-0.39, 0.29) is 0 Å². The smallest absolute Gasteiger partial charge is 0.0247 e. The standard InChI is InChI=1S/C7H13N/c1-2-7-5-3-4-6-8-7/h3,5,7-8H,2,4,6H2,1H3/t7-/m0/s1. The maximum atomic E-state index is 3.38. The van der Waals surface area contributed by atoms with Crippen molar-refractivity contribution in [2.75, 3.05) is 6.54 Å². The lowest BCUT2D eigenvalue weighted by molar-refractivity contribution is 0.562. The molecule has 8 heavy (non-hydrogen) atoms. The van der Waals surface area contributed by atoms with Gasteiger partial charge in [-0.05, 0) is 19.4 Å². The third-order valence-electron chi connectivity index (χ3n) is 1.53. The van der Waals surface area contributed by atoms with Gasteiger partial charge in [0.2, 0.25) is 0 Å². The molecule has 0 fully saturated rings. The number of rotatable bonds is 1. The van der Waals surface area contributed by atoms with Gasteiger partial charge in [-0.3, -0.25) is 0 Å². The van der Waals surface area contributed by atoms with E-state index in [0.717, 1.165) is 6.54 Å². The normalized spacial score (nSPS) is 28.4. The van der Waals surface area contributed by atoms with Crippen molar-refractivity contribution in [1.82, 2.24) is 5.32 Å². The van der Waals surface area contributed by atoms with Gasteiger partial charge >= 0.3 is 0 Å². The minimum atomic E-state index is 0.656. The van der Waals surface area contributed by atoms with Crippen LogP contribution < -0.4 is 5.32 Å². The molecular formula is C7H13N. The lowest BCUT2D eigenvalue weighted by atomic mass is 10.1. The van der Waals surface area contributed by atoms with Crippen molar-refractivity contribution < 1.29 is 0 Å². The molecule has 1 atom stereocenters. The summed E-state index contributed by atoms with van der Waals surface area (Å²) < 4.78 is 0. The fraction of sp³-hybridized carbons (Fsp3) is 0.714. The molecule has 0 aromatic carbocycles. The first kappa shape index (κ1) is 5.83. The number of nitrogens with one attached hydrogen (secondary N) is 1. The van der Waals surface area contributed by atoms with Gasteiger partial charge in [-0.2, -0.15) is 0 Å². The highest BCUT2D eigenvalue weighted by molar-refractivity contribution is 4.96. The molecule has 0 radical (unpaired) electrons. The molecule has 0 saturated carbocycles. The summed E-state index contributed by atoms with van der Waals surface area (Å²) >= 11 is 0. The first-order valence-electron chi connectivity index (χ1n) is 3.33. The van der Waals surface area contributed by atoms with E-state index >= 15 is 0 Å². The molecule has 1 nitrogen and oxygen atoms in total. The quantitative estimate of drug-likeness (QED) is 0.503. The van der Waals surface area contributed by atoms with Gasteiger partial charge in [0.05, 0.1) is 0 Å². The van der Waals surface area contributed by atoms with Gasteiger partial charge in [0.25, 0.3) is 0 Å². The molecule has 1 aliphatic heterocycles. The summed E-state index contributed by atoms with van der Waals surface area (Å²) in [6.45, 7) is 3.36. The highest BCUT2D eigenvalue weighted by Gasteiger charge is 2.01. The zero-order valence-corrected chi connectivity index (χ0v) is 5.35. The maximum absolute atomic E-state index is 3.38. The zero-order chi connectivity index (χ0) is 5.82. The van der Waals surface area contributed by atoms with Gasteiger partial charge in [-0.15, -0.1) is 0 Å². The zero-order valence-electron chi connectivity index (χ0n) is 5.35. The fourth-order valence-electron chi connectivity index (χ4n) is 0.961. The second-order valence-corrected chi connectivity index (χ2v) is 2.19. The molecule has 0 bridgehead atoms. The Bertz CT molecular complexity index is 86.4. The lowest BCUT2D eigenvalue weighted by Crippen LogP contribution is -2.29. The van der Waals surface area contributed by atoms with Crippen LogP contribution in [0.25, 0.3) is 0 Å². The average Bonchev–Trinajstić information content (AvgIpc) is 1.90. The summed E-state index contributed by atoms with van der Waals surface area (Å²) in [5.74, 6) is 0. The van der Waals surface area contributed by atoms with Crippen molar-refractivity contribution in [3.63, 3.8) is 0 Å². The van der Waals surface area contributed by atoms with Crippen molar-refractivity contribution >= 4 is 0 Å². The van der Waals surface area contributed by atoms with Gasteiger partial charge in [-0.1, -0.05) is 19.1 Å². The highest BCUT2D eigenvalue weighted by Crippen LogP contribution is 1.99. The first-order chi connectivity index (χ1) is 3.93. The largest absolute Gasteiger partial charge is 0.310 e. The van der Waals surface area contributed by atoms with E-state index in [1.54, 1.807) is 0 Å². The molecule has 1 rings (SSSR count). The molecule has 0 aliphatic carbocycles. The second kappa shape index (κ2) is 2.88. The van der Waals surface area contributed by atoms with Crippen LogP contribution in [0.3, 0.4) is 0 Å². The Morgan fingerprint density at radius 3 is 3.00 bits per heavy atom. The van der Waals surface area contributed by atoms with E-state index in [1.807, 2.05) is 0 Å². The van der Waals surface area contributed by atoms with Crippen LogP contribution in [-0.4, -0.2) is 12.6 Å². The molecule has 1 N–H and O–H groups in total. The van der Waals surface area contributed by atoms with Crippen LogP contribution in [0, 0.1) is 0 Å². The molecule has 1 aliphatic rings. The van der Waals surface area contributed by atoms with Gasteiger partial charge in [0.1, 0.15) is 0 Å². The topological polar surface area (TPSA) is 12.0 Å². The van der Waals surface area contributed by atoms with Crippen LogP contribution in [0.1, 0.15) is 19.8 Å². The van der Waals surface area contributed by atoms with E-state index < -0.39 is 0 Å². The van der Waals surface area contributed by atoms with E-state index in [2.05, 4.69) is 24.4 Å². The molecule has 0 saturated heterocycles. The molecule has 0 spiro atoms. The number of hydrogen-bond donors (Lipinski definition) is 1. The summed E-state index contributed by atoms with van der Waals surface area (Å²) in [4.78, 5) is 0. The summed E-state index contributed by atoms with van der Waals surface area (Å²) in [5, 5.41) is 3.38. The summed E-state index contributed by atoms with van der Waals surface area (Å²) in [6.07, 6.45) is 6.93. The predicted octanol–water partition coefficient (Wildman–Crippen LogP) is 1.31. The Hall–Kier alpha value is -0.300. The van der Waals surface area contributed by atoms with Gasteiger partial charge in [0.15, 0.2) is 0 Å². The molecule has 1 heterocycles. The van der Waals surface area contributed by atoms with Crippen LogP contribution >= 0.6 is 0 Å². The molecular weight excluding hydrogens is 98.1 g/mol. The van der Waals surface area contributed by atoms with Crippen LogP contribution in [0.15, 0.2) is 12.2 Å². The Morgan fingerprint density at radius 1 is 1.75 bits per heavy atom. The summed E-state index contributed by atoms with van der Waals surface area (Å²) in [6, 6.07) is 0.656. The van der Waals surface area contributed by atoms with E-state index in [0.29, 0.717) is 6.04 Å². The predicted molar refractivity (Wildman–Crippen MR) is 35.8 cm³/mol. The first-order valence-corrected chi connectivity index (χ1v) is 3.33. The van der Waals surface area contributed by atoms with Gasteiger partial charge in [0, 0.05) is 6.04 Å². The van der Waals surface area contributed by atoms with Crippen molar-refractivity contribution in [2.24, 2.45) is 0 Å². The third kappa shape index (κ3) is 1.34. The average molecular weight is 111 g/mol.